The molecular formula is C19H23N5O. The molecule has 2 aromatic heterocycles. The minimum atomic E-state index is 0.304. The van der Waals surface area contributed by atoms with Gasteiger partial charge in [0.1, 0.15) is 0 Å². The molecule has 1 saturated heterocycles. The summed E-state index contributed by atoms with van der Waals surface area (Å²) in [5.41, 5.74) is 3.60. The van der Waals surface area contributed by atoms with E-state index in [-0.39, 0.29) is 0 Å². The Morgan fingerprint density at radius 1 is 1.16 bits per heavy atom. The molecule has 25 heavy (non-hydrogen) atoms. The zero-order valence-corrected chi connectivity index (χ0v) is 14.2. The Labute approximate surface area is 147 Å². The summed E-state index contributed by atoms with van der Waals surface area (Å²) in [6.45, 7) is 5.18. The molecule has 6 nitrogen and oxygen atoms in total. The number of nitrogens with one attached hydrogen (secondary N) is 2. The maximum absolute atomic E-state index is 5.51. The van der Waals surface area contributed by atoms with Crippen molar-refractivity contribution in [2.24, 2.45) is 0 Å². The Morgan fingerprint density at radius 2 is 2.08 bits per heavy atom. The number of fused-ring (bicyclic) bond motifs is 1. The van der Waals surface area contributed by atoms with Gasteiger partial charge in [0.05, 0.1) is 24.9 Å². The second-order valence-electron chi connectivity index (χ2n) is 6.33. The Kier molecular flexibility index (Phi) is 5.01. The molecule has 0 aliphatic carbocycles. The molecule has 1 aliphatic rings. The summed E-state index contributed by atoms with van der Waals surface area (Å²) in [6, 6.07) is 10.8. The van der Waals surface area contributed by atoms with Crippen LogP contribution in [0.5, 0.6) is 0 Å². The number of nitrogens with zero attached hydrogens (tertiary/aromatic N) is 3. The Balaban J connectivity index is 1.46. The van der Waals surface area contributed by atoms with E-state index in [0.717, 1.165) is 50.3 Å². The fraction of sp³-hybridized carbons (Fsp3) is 0.368. The molecule has 0 unspecified atom stereocenters. The van der Waals surface area contributed by atoms with Crippen molar-refractivity contribution in [3.05, 3.63) is 60.0 Å². The van der Waals surface area contributed by atoms with Gasteiger partial charge in [-0.05, 0) is 17.2 Å². The predicted molar refractivity (Wildman–Crippen MR) is 97.2 cm³/mol. The molecule has 3 heterocycles. The molecule has 0 spiro atoms. The van der Waals surface area contributed by atoms with Gasteiger partial charge in [-0.2, -0.15) is 5.10 Å². The third-order valence-corrected chi connectivity index (χ3v) is 4.77. The number of ether oxygens (including phenoxy) is 1. The molecule has 6 heteroatoms. The van der Waals surface area contributed by atoms with Gasteiger partial charge in [0, 0.05) is 50.0 Å². The van der Waals surface area contributed by atoms with Crippen LogP contribution in [-0.4, -0.2) is 52.9 Å². The van der Waals surface area contributed by atoms with Crippen LogP contribution in [0.1, 0.15) is 17.2 Å². The van der Waals surface area contributed by atoms with Gasteiger partial charge in [0.15, 0.2) is 0 Å². The number of hydrogen-bond donors (Lipinski definition) is 2. The van der Waals surface area contributed by atoms with E-state index in [1.54, 1.807) is 0 Å². The lowest BCUT2D eigenvalue weighted by atomic mass is 10.1. The van der Waals surface area contributed by atoms with Gasteiger partial charge in [0.2, 0.25) is 0 Å². The van der Waals surface area contributed by atoms with Crippen molar-refractivity contribution >= 4 is 10.9 Å². The highest BCUT2D eigenvalue weighted by Crippen LogP contribution is 2.21. The van der Waals surface area contributed by atoms with Crippen molar-refractivity contribution in [3.63, 3.8) is 0 Å². The van der Waals surface area contributed by atoms with Crippen molar-refractivity contribution in [2.45, 2.75) is 12.6 Å². The van der Waals surface area contributed by atoms with Crippen molar-refractivity contribution in [1.29, 1.82) is 0 Å². The molecule has 0 amide bonds. The van der Waals surface area contributed by atoms with Gasteiger partial charge in [-0.15, -0.1) is 0 Å². The Hall–Kier alpha value is -2.28. The van der Waals surface area contributed by atoms with E-state index in [1.165, 1.54) is 11.1 Å². The number of aromatic nitrogens is 3. The third-order valence-electron chi connectivity index (χ3n) is 4.77. The number of rotatable bonds is 6. The minimum absolute atomic E-state index is 0.304. The summed E-state index contributed by atoms with van der Waals surface area (Å²) >= 11 is 0. The van der Waals surface area contributed by atoms with Gasteiger partial charge >= 0.3 is 0 Å². The van der Waals surface area contributed by atoms with Crippen molar-refractivity contribution in [2.75, 3.05) is 32.8 Å². The molecule has 1 aromatic carbocycles. The number of H-pyrrole nitrogens is 1. The third kappa shape index (κ3) is 3.71. The summed E-state index contributed by atoms with van der Waals surface area (Å²) in [4.78, 5) is 6.78. The van der Waals surface area contributed by atoms with Crippen LogP contribution in [0.15, 0.2) is 48.9 Å². The SMILES string of the molecule is c1cncc([C@@H](CNCc2cccc3cn[nH]c23)N2CCOCC2)c1. The van der Waals surface area contributed by atoms with Crippen LogP contribution in [0.3, 0.4) is 0 Å². The summed E-state index contributed by atoms with van der Waals surface area (Å²) in [5, 5.41) is 12.0. The number of benzene rings is 1. The highest BCUT2D eigenvalue weighted by molar-refractivity contribution is 5.81. The monoisotopic (exact) mass is 337 g/mol. The molecule has 4 rings (SSSR count). The van der Waals surface area contributed by atoms with Crippen molar-refractivity contribution in [3.8, 4) is 0 Å². The van der Waals surface area contributed by atoms with E-state index in [4.69, 9.17) is 4.74 Å². The Bertz CT molecular complexity index is 798. The lowest BCUT2D eigenvalue weighted by molar-refractivity contribution is 0.0160. The number of pyridine rings is 1. The minimum Gasteiger partial charge on any atom is -0.379 e. The second-order valence-corrected chi connectivity index (χ2v) is 6.33. The quantitative estimate of drug-likeness (QED) is 0.721. The van der Waals surface area contributed by atoms with Gasteiger partial charge in [-0.3, -0.25) is 15.0 Å². The molecular weight excluding hydrogens is 314 g/mol. The maximum atomic E-state index is 5.51. The summed E-state index contributed by atoms with van der Waals surface area (Å²) in [7, 11) is 0. The molecule has 130 valence electrons. The molecule has 0 saturated carbocycles. The van der Waals surface area contributed by atoms with Crippen LogP contribution in [0.25, 0.3) is 10.9 Å². The van der Waals surface area contributed by atoms with E-state index in [9.17, 15) is 0 Å². The van der Waals surface area contributed by atoms with Gasteiger partial charge < -0.3 is 10.1 Å². The van der Waals surface area contributed by atoms with Gasteiger partial charge in [-0.25, -0.2) is 0 Å². The topological polar surface area (TPSA) is 66.1 Å². The van der Waals surface area contributed by atoms with E-state index in [1.807, 2.05) is 24.7 Å². The number of morpholine rings is 1. The zero-order chi connectivity index (χ0) is 16.9. The van der Waals surface area contributed by atoms with Crippen LogP contribution in [-0.2, 0) is 11.3 Å². The highest BCUT2D eigenvalue weighted by atomic mass is 16.5. The summed E-state index contributed by atoms with van der Waals surface area (Å²) in [5.74, 6) is 0. The van der Waals surface area contributed by atoms with E-state index in [0.29, 0.717) is 6.04 Å². The lowest BCUT2D eigenvalue weighted by Gasteiger charge is -2.34. The summed E-state index contributed by atoms with van der Waals surface area (Å²) in [6.07, 6.45) is 5.66. The average molecular weight is 337 g/mol. The van der Waals surface area contributed by atoms with E-state index < -0.39 is 0 Å². The van der Waals surface area contributed by atoms with Crippen LogP contribution >= 0.6 is 0 Å². The first kappa shape index (κ1) is 16.2. The van der Waals surface area contributed by atoms with Crippen LogP contribution < -0.4 is 5.32 Å². The fourth-order valence-corrected chi connectivity index (χ4v) is 3.44. The standard InChI is InChI=1S/C19H23N5O/c1-3-16(19-17(4-1)13-22-23-19)12-21-14-18(15-5-2-6-20-11-15)24-7-9-25-10-8-24/h1-6,11,13,18,21H,7-10,12,14H2,(H,22,23)/t18-/m1/s1. The zero-order valence-electron chi connectivity index (χ0n) is 14.2. The molecule has 1 fully saturated rings. The van der Waals surface area contributed by atoms with E-state index >= 15 is 0 Å². The average Bonchev–Trinajstić information content (AvgIpc) is 3.16. The van der Waals surface area contributed by atoms with E-state index in [2.05, 4.69) is 49.7 Å². The number of aromatic amines is 1. The number of hydrogen-bond acceptors (Lipinski definition) is 5. The molecule has 2 N–H and O–H groups in total. The fourth-order valence-electron chi connectivity index (χ4n) is 3.44. The first-order valence-corrected chi connectivity index (χ1v) is 8.75. The first-order chi connectivity index (χ1) is 12.4. The second kappa shape index (κ2) is 7.74. The largest absolute Gasteiger partial charge is 0.379 e. The van der Waals surface area contributed by atoms with Crippen molar-refractivity contribution < 1.29 is 4.74 Å². The lowest BCUT2D eigenvalue weighted by Crippen LogP contribution is -2.42. The van der Waals surface area contributed by atoms with Gasteiger partial charge in [-0.1, -0.05) is 24.3 Å². The molecule has 1 aliphatic heterocycles. The molecule has 0 bridgehead atoms. The molecule has 3 aromatic rings. The predicted octanol–water partition coefficient (Wildman–Crippen LogP) is 2.12. The normalized spacial score (nSPS) is 17.0. The first-order valence-electron chi connectivity index (χ1n) is 8.75. The highest BCUT2D eigenvalue weighted by Gasteiger charge is 2.22. The van der Waals surface area contributed by atoms with Crippen LogP contribution in [0.4, 0.5) is 0 Å². The molecule has 1 atom stereocenters. The molecule has 0 radical (unpaired) electrons. The van der Waals surface area contributed by atoms with Crippen molar-refractivity contribution in [1.82, 2.24) is 25.4 Å². The van der Waals surface area contributed by atoms with Crippen LogP contribution in [0.2, 0.25) is 0 Å². The summed E-state index contributed by atoms with van der Waals surface area (Å²) < 4.78 is 5.51. The van der Waals surface area contributed by atoms with Crippen LogP contribution in [0, 0.1) is 0 Å². The maximum Gasteiger partial charge on any atom is 0.0695 e. The Morgan fingerprint density at radius 3 is 2.92 bits per heavy atom. The van der Waals surface area contributed by atoms with Gasteiger partial charge in [0.25, 0.3) is 0 Å². The smallest absolute Gasteiger partial charge is 0.0695 e. The number of para-hydroxylation sites is 1.